The molecule has 0 amide bonds. The number of benzene rings is 14. The van der Waals surface area contributed by atoms with Gasteiger partial charge in [0.1, 0.15) is 0 Å². The van der Waals surface area contributed by atoms with Gasteiger partial charge >= 0.3 is 0 Å². The van der Waals surface area contributed by atoms with Crippen molar-refractivity contribution in [3.63, 3.8) is 0 Å². The first-order valence-corrected chi connectivity index (χ1v) is 23.0. The average molecular weight is 833 g/mol. The second kappa shape index (κ2) is 14.5. The van der Waals surface area contributed by atoms with Crippen LogP contribution in [-0.4, -0.2) is 0 Å². The smallest absolute Gasteiger partial charge is 0.00137 e. The van der Waals surface area contributed by atoms with Crippen LogP contribution in [0.15, 0.2) is 243 Å². The summed E-state index contributed by atoms with van der Waals surface area (Å²) in [4.78, 5) is 0. The monoisotopic (exact) mass is 832 g/mol. The molecule has 0 heterocycles. The zero-order valence-electron chi connectivity index (χ0n) is 36.1. The molecule has 0 bridgehead atoms. The van der Waals surface area contributed by atoms with Crippen LogP contribution in [0.25, 0.3) is 141 Å². The van der Waals surface area contributed by atoms with Crippen molar-refractivity contribution in [1.29, 1.82) is 0 Å². The molecule has 0 aliphatic rings. The Kier molecular flexibility index (Phi) is 8.08. The largest absolute Gasteiger partial charge is 0.0616 e. The SMILES string of the molecule is c1ccc2cc(-c3ccc(-c4ccc5c6ccc(-c7ccc(-c8ccc9ccccc9c8)c8ccccc78)cc6c6c7ccccc7c7ccccc7c6c5c4)c4ccccc34)ccc2c1. The van der Waals surface area contributed by atoms with E-state index in [0.717, 1.165) is 0 Å². The van der Waals surface area contributed by atoms with Gasteiger partial charge in [0.2, 0.25) is 0 Å². The number of rotatable bonds is 4. The van der Waals surface area contributed by atoms with Gasteiger partial charge in [0.25, 0.3) is 0 Å². The highest BCUT2D eigenvalue weighted by atomic mass is 14.2. The molecule has 14 aromatic carbocycles. The van der Waals surface area contributed by atoms with E-state index >= 15 is 0 Å². The van der Waals surface area contributed by atoms with Gasteiger partial charge in [-0.05, 0) is 166 Å². The highest BCUT2D eigenvalue weighted by Crippen LogP contribution is 2.47. The van der Waals surface area contributed by atoms with Gasteiger partial charge in [-0.2, -0.15) is 0 Å². The van der Waals surface area contributed by atoms with Gasteiger partial charge in [0.05, 0.1) is 0 Å². The van der Waals surface area contributed by atoms with Crippen LogP contribution in [0.4, 0.5) is 0 Å². The van der Waals surface area contributed by atoms with Gasteiger partial charge in [-0.25, -0.2) is 0 Å². The lowest BCUT2D eigenvalue weighted by atomic mass is 9.84. The molecule has 14 rings (SSSR count). The van der Waals surface area contributed by atoms with Crippen LogP contribution in [0.5, 0.6) is 0 Å². The van der Waals surface area contributed by atoms with Gasteiger partial charge in [-0.3, -0.25) is 0 Å². The van der Waals surface area contributed by atoms with Crippen molar-refractivity contribution in [2.45, 2.75) is 0 Å². The molecule has 0 N–H and O–H groups in total. The third-order valence-electron chi connectivity index (χ3n) is 14.4. The van der Waals surface area contributed by atoms with Crippen molar-refractivity contribution in [2.24, 2.45) is 0 Å². The maximum atomic E-state index is 2.47. The van der Waals surface area contributed by atoms with E-state index in [4.69, 9.17) is 0 Å². The fraction of sp³-hybridized carbons (Fsp3) is 0. The van der Waals surface area contributed by atoms with Gasteiger partial charge in [0.15, 0.2) is 0 Å². The van der Waals surface area contributed by atoms with Crippen LogP contribution in [0.1, 0.15) is 0 Å². The Labute approximate surface area is 382 Å². The van der Waals surface area contributed by atoms with Crippen molar-refractivity contribution in [3.05, 3.63) is 243 Å². The summed E-state index contributed by atoms with van der Waals surface area (Å²) < 4.78 is 0. The van der Waals surface area contributed by atoms with Gasteiger partial charge < -0.3 is 0 Å². The third kappa shape index (κ3) is 5.59. The lowest BCUT2D eigenvalue weighted by Gasteiger charge is -2.19. The Bertz CT molecular complexity index is 4060. The van der Waals surface area contributed by atoms with E-state index in [1.165, 1.54) is 141 Å². The normalized spacial score (nSPS) is 11.9. The van der Waals surface area contributed by atoms with E-state index in [0.29, 0.717) is 0 Å². The summed E-state index contributed by atoms with van der Waals surface area (Å²) in [6, 6.07) is 90.6. The Balaban J connectivity index is 1.01. The first-order valence-electron chi connectivity index (χ1n) is 23.0. The average Bonchev–Trinajstić information content (AvgIpc) is 3.39. The molecule has 0 aliphatic heterocycles. The molecule has 0 saturated carbocycles. The molecule has 304 valence electrons. The Hall–Kier alpha value is -8.58. The molecule has 0 aromatic heterocycles. The molecular weight excluding hydrogens is 793 g/mol. The molecule has 0 atom stereocenters. The first kappa shape index (κ1) is 36.9. The van der Waals surface area contributed by atoms with Crippen LogP contribution >= 0.6 is 0 Å². The maximum absolute atomic E-state index is 2.47. The predicted molar refractivity (Wildman–Crippen MR) is 286 cm³/mol. The van der Waals surface area contributed by atoms with Gasteiger partial charge in [0, 0.05) is 0 Å². The van der Waals surface area contributed by atoms with Gasteiger partial charge in [-0.1, -0.05) is 218 Å². The van der Waals surface area contributed by atoms with E-state index in [9.17, 15) is 0 Å². The van der Waals surface area contributed by atoms with E-state index in [1.54, 1.807) is 0 Å². The van der Waals surface area contributed by atoms with E-state index in [2.05, 4.69) is 243 Å². The first-order chi connectivity index (χ1) is 32.7. The van der Waals surface area contributed by atoms with Crippen LogP contribution in [0, 0.1) is 0 Å². The molecule has 0 aliphatic carbocycles. The summed E-state index contributed by atoms with van der Waals surface area (Å²) >= 11 is 0. The highest BCUT2D eigenvalue weighted by molar-refractivity contribution is 6.40. The molecule has 66 heavy (non-hydrogen) atoms. The van der Waals surface area contributed by atoms with Crippen molar-refractivity contribution < 1.29 is 0 Å². The highest BCUT2D eigenvalue weighted by Gasteiger charge is 2.19. The molecule has 0 nitrogen and oxygen atoms in total. The summed E-state index contributed by atoms with van der Waals surface area (Å²) in [7, 11) is 0. The van der Waals surface area contributed by atoms with Crippen molar-refractivity contribution in [1.82, 2.24) is 0 Å². The van der Waals surface area contributed by atoms with Gasteiger partial charge in [-0.15, -0.1) is 0 Å². The zero-order chi connectivity index (χ0) is 43.3. The minimum Gasteiger partial charge on any atom is -0.0616 e. The quantitative estimate of drug-likeness (QED) is 0.155. The zero-order valence-corrected chi connectivity index (χ0v) is 36.1. The number of fused-ring (bicyclic) bond motifs is 15. The fourth-order valence-corrected chi connectivity index (χ4v) is 11.3. The molecule has 0 unspecified atom stereocenters. The Morgan fingerprint density at radius 2 is 0.424 bits per heavy atom. The lowest BCUT2D eigenvalue weighted by Crippen LogP contribution is -1.91. The third-order valence-corrected chi connectivity index (χ3v) is 14.4. The van der Waals surface area contributed by atoms with Crippen molar-refractivity contribution in [2.75, 3.05) is 0 Å². The van der Waals surface area contributed by atoms with Crippen LogP contribution in [-0.2, 0) is 0 Å². The van der Waals surface area contributed by atoms with Crippen LogP contribution in [0.2, 0.25) is 0 Å². The second-order valence-corrected chi connectivity index (χ2v) is 17.9. The molecule has 14 aromatic rings. The van der Waals surface area contributed by atoms with Crippen LogP contribution < -0.4 is 0 Å². The van der Waals surface area contributed by atoms with E-state index < -0.39 is 0 Å². The fourth-order valence-electron chi connectivity index (χ4n) is 11.3. The minimum absolute atomic E-state index is 1.22. The van der Waals surface area contributed by atoms with Crippen LogP contribution in [0.3, 0.4) is 0 Å². The maximum Gasteiger partial charge on any atom is -0.00137 e. The number of hydrogen-bond acceptors (Lipinski definition) is 0. The Morgan fingerprint density at radius 1 is 0.152 bits per heavy atom. The van der Waals surface area contributed by atoms with E-state index in [-0.39, 0.29) is 0 Å². The topological polar surface area (TPSA) is 0 Å². The molecule has 0 radical (unpaired) electrons. The van der Waals surface area contributed by atoms with Crippen molar-refractivity contribution >= 4 is 97.0 Å². The summed E-state index contributed by atoms with van der Waals surface area (Å²) in [5.41, 5.74) is 9.89. The molecular formula is C66H40. The molecule has 0 fully saturated rings. The molecule has 0 spiro atoms. The summed E-state index contributed by atoms with van der Waals surface area (Å²) in [6.07, 6.45) is 0. The van der Waals surface area contributed by atoms with Crippen molar-refractivity contribution in [3.8, 4) is 44.5 Å². The molecule has 0 heteroatoms. The number of hydrogen-bond donors (Lipinski definition) is 0. The Morgan fingerprint density at radius 3 is 0.803 bits per heavy atom. The predicted octanol–water partition coefficient (Wildman–Crippen LogP) is 18.7. The molecule has 0 saturated heterocycles. The summed E-state index contributed by atoms with van der Waals surface area (Å²) in [5.74, 6) is 0. The standard InChI is InChI=1S/C66H40/c1-3-15-43-37-45(27-25-41(43)13-1)49-33-35-51(55-19-7-5-17-53(49)55)47-29-31-59-60-32-30-48(40-64(60)66-62-24-12-10-22-58(62)57-21-9-11-23-61(57)65(66)63(59)39-47)52-36-34-50(54-18-6-8-20-56(52)54)46-28-26-42-14-2-4-16-44(42)38-46/h1-40H. The summed E-state index contributed by atoms with van der Waals surface area (Å²) in [5, 5.41) is 22.9. The van der Waals surface area contributed by atoms with E-state index in [1.807, 2.05) is 0 Å². The minimum atomic E-state index is 1.22. The lowest BCUT2D eigenvalue weighted by molar-refractivity contribution is 1.65. The summed E-state index contributed by atoms with van der Waals surface area (Å²) in [6.45, 7) is 0. The second-order valence-electron chi connectivity index (χ2n) is 17.9.